The average molecular weight is 582 g/mol. The minimum absolute atomic E-state index is 0.140. The van der Waals surface area contributed by atoms with Gasteiger partial charge < -0.3 is 20.8 Å². The lowest BCUT2D eigenvalue weighted by Crippen LogP contribution is -2.36. The van der Waals surface area contributed by atoms with Crippen LogP contribution in [0.25, 0.3) is 20.8 Å². The van der Waals surface area contributed by atoms with Gasteiger partial charge in [-0.05, 0) is 57.7 Å². The van der Waals surface area contributed by atoms with Gasteiger partial charge in [0, 0.05) is 30.6 Å². The van der Waals surface area contributed by atoms with Crippen molar-refractivity contribution in [1.82, 2.24) is 24.9 Å². The molecule has 210 valence electrons. The SMILES string of the molecule is Cc1nc(NC2CCC2)nc(NC2C[C@H](CS(=O)(=O)c3ccncc3)[C@@H](O)[C@H]2O)c1-c1nc2c(C)nccc2s1. The van der Waals surface area contributed by atoms with E-state index in [1.54, 1.807) is 6.20 Å². The van der Waals surface area contributed by atoms with Crippen molar-refractivity contribution < 1.29 is 18.6 Å². The number of aromatic nitrogens is 5. The summed E-state index contributed by atoms with van der Waals surface area (Å²) in [4.78, 5) is 22.7. The zero-order valence-corrected chi connectivity index (χ0v) is 23.8. The highest BCUT2D eigenvalue weighted by Crippen LogP contribution is 2.39. The molecule has 2 saturated carbocycles. The van der Waals surface area contributed by atoms with Crippen LogP contribution in [0.4, 0.5) is 11.8 Å². The van der Waals surface area contributed by atoms with E-state index < -0.39 is 34.0 Å². The van der Waals surface area contributed by atoms with Crippen LogP contribution < -0.4 is 10.6 Å². The maximum Gasteiger partial charge on any atom is 0.225 e. The van der Waals surface area contributed by atoms with E-state index in [2.05, 4.69) is 20.6 Å². The van der Waals surface area contributed by atoms with Crippen molar-refractivity contribution in [3.63, 3.8) is 0 Å². The predicted molar refractivity (Wildman–Crippen MR) is 153 cm³/mol. The van der Waals surface area contributed by atoms with E-state index in [1.165, 1.54) is 35.9 Å². The highest BCUT2D eigenvalue weighted by atomic mass is 32.2. The summed E-state index contributed by atoms with van der Waals surface area (Å²) < 4.78 is 27.0. The molecule has 4 atom stereocenters. The van der Waals surface area contributed by atoms with Crippen LogP contribution in [0.2, 0.25) is 0 Å². The minimum Gasteiger partial charge on any atom is -0.390 e. The fourth-order valence-electron chi connectivity index (χ4n) is 5.35. The molecular formula is C27H31N7O4S2. The third-order valence-corrected chi connectivity index (χ3v) is 10.7. The molecular weight excluding hydrogens is 550 g/mol. The molecule has 2 aliphatic carbocycles. The van der Waals surface area contributed by atoms with Crippen LogP contribution in [0.3, 0.4) is 0 Å². The molecule has 40 heavy (non-hydrogen) atoms. The molecule has 0 amide bonds. The van der Waals surface area contributed by atoms with E-state index in [0.29, 0.717) is 34.1 Å². The second-order valence-electron chi connectivity index (χ2n) is 10.6. The van der Waals surface area contributed by atoms with Gasteiger partial charge in [0.15, 0.2) is 9.84 Å². The molecule has 0 radical (unpaired) electrons. The lowest BCUT2D eigenvalue weighted by molar-refractivity contribution is 0.0216. The highest BCUT2D eigenvalue weighted by Gasteiger charge is 2.44. The normalized spacial score (nSPS) is 23.3. The molecule has 1 unspecified atom stereocenters. The van der Waals surface area contributed by atoms with Crippen molar-refractivity contribution in [2.75, 3.05) is 16.4 Å². The van der Waals surface area contributed by atoms with Crippen LogP contribution in [0.15, 0.2) is 41.7 Å². The van der Waals surface area contributed by atoms with Gasteiger partial charge in [-0.25, -0.2) is 18.4 Å². The maximum absolute atomic E-state index is 13.0. The number of nitrogens with zero attached hydrogens (tertiary/aromatic N) is 5. The molecule has 0 bridgehead atoms. The first-order valence-electron chi connectivity index (χ1n) is 13.3. The molecule has 13 heteroatoms. The van der Waals surface area contributed by atoms with Crippen molar-refractivity contribution in [2.24, 2.45) is 5.92 Å². The maximum atomic E-state index is 13.0. The van der Waals surface area contributed by atoms with Gasteiger partial charge >= 0.3 is 0 Å². The van der Waals surface area contributed by atoms with Crippen molar-refractivity contribution in [3.8, 4) is 10.6 Å². The monoisotopic (exact) mass is 581 g/mol. The molecule has 4 heterocycles. The number of aliphatic hydroxyl groups is 2. The summed E-state index contributed by atoms with van der Waals surface area (Å²) in [6, 6.07) is 4.48. The molecule has 0 aromatic carbocycles. The Morgan fingerprint density at radius 2 is 1.75 bits per heavy atom. The number of aryl methyl sites for hydroxylation is 2. The smallest absolute Gasteiger partial charge is 0.225 e. The molecule has 6 rings (SSSR count). The van der Waals surface area contributed by atoms with E-state index >= 15 is 0 Å². The number of hydrogen-bond donors (Lipinski definition) is 4. The molecule has 4 aromatic heterocycles. The number of anilines is 2. The Morgan fingerprint density at radius 1 is 0.975 bits per heavy atom. The number of hydrogen-bond acceptors (Lipinski definition) is 12. The van der Waals surface area contributed by atoms with Crippen molar-refractivity contribution in [1.29, 1.82) is 0 Å². The summed E-state index contributed by atoms with van der Waals surface area (Å²) in [7, 11) is -3.68. The number of nitrogens with one attached hydrogen (secondary N) is 2. The Morgan fingerprint density at radius 3 is 2.45 bits per heavy atom. The van der Waals surface area contributed by atoms with Gasteiger partial charge in [-0.1, -0.05) is 0 Å². The number of rotatable bonds is 8. The first-order chi connectivity index (χ1) is 19.2. The van der Waals surface area contributed by atoms with Crippen LogP contribution in [0.5, 0.6) is 0 Å². The van der Waals surface area contributed by atoms with Crippen LogP contribution in [0.1, 0.15) is 37.1 Å². The Labute approximate surface area is 236 Å². The largest absolute Gasteiger partial charge is 0.390 e. The van der Waals surface area contributed by atoms with Gasteiger partial charge in [0.25, 0.3) is 0 Å². The summed E-state index contributed by atoms with van der Waals surface area (Å²) in [5.74, 6) is 0.00719. The second kappa shape index (κ2) is 10.6. The van der Waals surface area contributed by atoms with Crippen LogP contribution in [0, 0.1) is 19.8 Å². The Bertz CT molecular complexity index is 1640. The van der Waals surface area contributed by atoms with Gasteiger partial charge in [0.05, 0.1) is 44.4 Å². The molecule has 4 N–H and O–H groups in total. The van der Waals surface area contributed by atoms with E-state index in [-0.39, 0.29) is 17.1 Å². The molecule has 0 saturated heterocycles. The lowest BCUT2D eigenvalue weighted by atomic mass is 9.93. The summed E-state index contributed by atoms with van der Waals surface area (Å²) in [6.45, 7) is 3.81. The average Bonchev–Trinajstić information content (AvgIpc) is 3.44. The highest BCUT2D eigenvalue weighted by molar-refractivity contribution is 7.91. The summed E-state index contributed by atoms with van der Waals surface area (Å²) in [5.41, 5.74) is 3.05. The summed E-state index contributed by atoms with van der Waals surface area (Å²) in [6.07, 6.45) is 5.70. The number of aliphatic hydroxyl groups excluding tert-OH is 2. The van der Waals surface area contributed by atoms with E-state index in [9.17, 15) is 18.6 Å². The van der Waals surface area contributed by atoms with Crippen LogP contribution in [-0.4, -0.2) is 73.6 Å². The summed E-state index contributed by atoms with van der Waals surface area (Å²) in [5, 5.41) is 29.3. The van der Waals surface area contributed by atoms with Crippen LogP contribution in [-0.2, 0) is 9.84 Å². The minimum atomic E-state index is -3.68. The first-order valence-corrected chi connectivity index (χ1v) is 15.8. The van der Waals surface area contributed by atoms with Gasteiger partial charge in [0.2, 0.25) is 5.95 Å². The Balaban J connectivity index is 1.32. The quantitative estimate of drug-likeness (QED) is 0.242. The van der Waals surface area contributed by atoms with E-state index in [0.717, 1.165) is 35.2 Å². The molecule has 4 aromatic rings. The Hall–Kier alpha value is -3.26. The number of pyridine rings is 2. The lowest BCUT2D eigenvalue weighted by Gasteiger charge is -2.27. The standard InChI is InChI=1S/C27H31N7O4S2/c1-14-21(26-33-22-15(2)29-11-8-20(22)39-26)25(34-27(30-14)31-17-4-3-5-17)32-19-12-16(23(35)24(19)36)13-40(37,38)18-6-9-28-10-7-18/h6-11,16-17,19,23-24,35-36H,3-5,12-13H2,1-2H3,(H2,30,31,32,34)/t16-,19?,23-,24+/m1/s1. The zero-order valence-electron chi connectivity index (χ0n) is 22.1. The fourth-order valence-corrected chi connectivity index (χ4v) is 8.09. The molecule has 11 nitrogen and oxygen atoms in total. The predicted octanol–water partition coefficient (Wildman–Crippen LogP) is 3.12. The first kappa shape index (κ1) is 26.9. The van der Waals surface area contributed by atoms with Crippen LogP contribution >= 0.6 is 11.3 Å². The van der Waals surface area contributed by atoms with E-state index in [4.69, 9.17) is 15.0 Å². The topological polar surface area (TPSA) is 163 Å². The van der Waals surface area contributed by atoms with E-state index in [1.807, 2.05) is 19.9 Å². The van der Waals surface area contributed by atoms with Crippen molar-refractivity contribution >= 4 is 43.2 Å². The number of thiazole rings is 1. The summed E-state index contributed by atoms with van der Waals surface area (Å²) >= 11 is 1.51. The second-order valence-corrected chi connectivity index (χ2v) is 13.6. The van der Waals surface area contributed by atoms with Crippen molar-refractivity contribution in [3.05, 3.63) is 48.2 Å². The van der Waals surface area contributed by atoms with Gasteiger partial charge in [-0.15, -0.1) is 11.3 Å². The molecule has 2 fully saturated rings. The third-order valence-electron chi connectivity index (χ3n) is 7.80. The molecule has 0 aliphatic heterocycles. The number of sulfone groups is 1. The Kier molecular flexibility index (Phi) is 7.15. The third kappa shape index (κ3) is 5.14. The molecule has 0 spiro atoms. The van der Waals surface area contributed by atoms with Gasteiger partial charge in [-0.3, -0.25) is 9.97 Å². The zero-order chi connectivity index (χ0) is 28.0. The van der Waals surface area contributed by atoms with Gasteiger partial charge in [-0.2, -0.15) is 4.98 Å². The molecule has 2 aliphatic rings. The van der Waals surface area contributed by atoms with Crippen molar-refractivity contribution in [2.45, 2.75) is 68.7 Å². The fraction of sp³-hybridized carbons (Fsp3) is 0.444. The number of fused-ring (bicyclic) bond motifs is 1. The van der Waals surface area contributed by atoms with Gasteiger partial charge in [0.1, 0.15) is 22.4 Å².